The molecule has 2 aliphatic heterocycles. The maximum absolute atomic E-state index is 13.1. The van der Waals surface area contributed by atoms with Crippen molar-refractivity contribution in [1.29, 1.82) is 0 Å². The van der Waals surface area contributed by atoms with Crippen molar-refractivity contribution < 1.29 is 4.79 Å². The first-order valence-corrected chi connectivity index (χ1v) is 10.8. The molecule has 3 fully saturated rings. The molecule has 0 radical (unpaired) electrons. The summed E-state index contributed by atoms with van der Waals surface area (Å²) < 4.78 is 0. The van der Waals surface area contributed by atoms with Gasteiger partial charge in [0.1, 0.15) is 0 Å². The summed E-state index contributed by atoms with van der Waals surface area (Å²) in [4.78, 5) is 22.9. The summed E-state index contributed by atoms with van der Waals surface area (Å²) in [5, 5.41) is 0. The molecule has 2 saturated heterocycles. The average Bonchev–Trinajstić information content (AvgIpc) is 3.24. The molecule has 0 aromatic carbocycles. The predicted octanol–water partition coefficient (Wildman–Crippen LogP) is 3.07. The molecule has 0 unspecified atom stereocenters. The van der Waals surface area contributed by atoms with Gasteiger partial charge in [-0.3, -0.25) is 9.69 Å². The van der Waals surface area contributed by atoms with Crippen LogP contribution in [0, 0.1) is 23.7 Å². The minimum Gasteiger partial charge on any atom is -0.348 e. The molecule has 1 spiro atoms. The summed E-state index contributed by atoms with van der Waals surface area (Å²) in [6.45, 7) is 7.71. The fourth-order valence-corrected chi connectivity index (χ4v) is 7.07. The van der Waals surface area contributed by atoms with Crippen LogP contribution in [0.2, 0.25) is 0 Å². The second-order valence-electron chi connectivity index (χ2n) is 9.26. The van der Waals surface area contributed by atoms with Crippen molar-refractivity contribution in [3.05, 3.63) is 21.9 Å². The zero-order valence-electron chi connectivity index (χ0n) is 16.8. The molecule has 26 heavy (non-hydrogen) atoms. The fraction of sp³-hybridized carbons (Fsp3) is 0.762. The summed E-state index contributed by atoms with van der Waals surface area (Å²) in [5.41, 5.74) is 0.267. The molecule has 1 aliphatic carbocycles. The highest BCUT2D eigenvalue weighted by molar-refractivity contribution is 7.11. The lowest BCUT2D eigenvalue weighted by Crippen LogP contribution is -2.48. The van der Waals surface area contributed by atoms with Crippen molar-refractivity contribution in [3.8, 4) is 0 Å². The second-order valence-corrected chi connectivity index (χ2v) is 10.6. The van der Waals surface area contributed by atoms with Crippen LogP contribution < -0.4 is 0 Å². The van der Waals surface area contributed by atoms with Gasteiger partial charge in [0.15, 0.2) is 0 Å². The third-order valence-electron chi connectivity index (χ3n) is 7.38. The van der Waals surface area contributed by atoms with Crippen LogP contribution in [0.3, 0.4) is 0 Å². The number of amides is 1. The summed E-state index contributed by atoms with van der Waals surface area (Å²) in [5.74, 6) is 0.918. The molecule has 3 aliphatic rings. The number of nitrogens with zero attached hydrogens (tertiary/aromatic N) is 3. The van der Waals surface area contributed by atoms with Crippen molar-refractivity contribution in [2.45, 2.75) is 39.2 Å². The Morgan fingerprint density at radius 3 is 2.58 bits per heavy atom. The molecule has 1 aromatic rings. The molecular weight excluding hydrogens is 342 g/mol. The van der Waals surface area contributed by atoms with E-state index < -0.39 is 0 Å². The summed E-state index contributed by atoms with van der Waals surface area (Å²) >= 11 is 1.93. The van der Waals surface area contributed by atoms with E-state index in [1.807, 2.05) is 30.3 Å². The summed E-state index contributed by atoms with van der Waals surface area (Å²) in [6, 6.07) is 4.52. The van der Waals surface area contributed by atoms with Gasteiger partial charge in [-0.25, -0.2) is 0 Å². The Balaban J connectivity index is 1.47. The van der Waals surface area contributed by atoms with Crippen molar-refractivity contribution in [3.63, 3.8) is 0 Å². The Hall–Kier alpha value is -0.910. The van der Waals surface area contributed by atoms with Gasteiger partial charge in [0.25, 0.3) is 0 Å². The number of hydrogen-bond acceptors (Lipinski definition) is 4. The minimum absolute atomic E-state index is 0.120. The Bertz CT molecular complexity index is 677. The van der Waals surface area contributed by atoms with Gasteiger partial charge in [0.05, 0.1) is 5.41 Å². The molecule has 2 atom stereocenters. The number of fused-ring (bicyclic) bond motifs is 2. The maximum Gasteiger partial charge on any atom is 0.229 e. The van der Waals surface area contributed by atoms with Crippen LogP contribution in [0.15, 0.2) is 12.1 Å². The average molecular weight is 376 g/mol. The van der Waals surface area contributed by atoms with E-state index in [1.165, 1.54) is 42.1 Å². The highest BCUT2D eigenvalue weighted by atomic mass is 32.1. The van der Waals surface area contributed by atoms with E-state index in [9.17, 15) is 4.79 Å². The summed E-state index contributed by atoms with van der Waals surface area (Å²) in [6.07, 6.45) is 4.86. The van der Waals surface area contributed by atoms with E-state index in [-0.39, 0.29) is 5.41 Å². The number of carbonyl (C=O) groups is 1. The van der Waals surface area contributed by atoms with Gasteiger partial charge in [-0.1, -0.05) is 0 Å². The lowest BCUT2D eigenvalue weighted by Gasteiger charge is -2.44. The SMILES string of the molecule is Cc1ccc(CN2CCC3(CC2)CC[C@@]2(C(=O)N(C)C)CN(C)C[C@@H]32)s1. The normalized spacial score (nSPS) is 31.5. The van der Waals surface area contributed by atoms with Crippen molar-refractivity contribution in [2.75, 3.05) is 47.3 Å². The molecule has 1 amide bonds. The minimum atomic E-state index is -0.120. The lowest BCUT2D eigenvalue weighted by molar-refractivity contribution is -0.141. The van der Waals surface area contributed by atoms with Crippen molar-refractivity contribution in [2.24, 2.45) is 16.7 Å². The standard InChI is InChI=1S/C21H33N3OS/c1-16-5-6-17(26-16)13-24-11-9-20(10-12-24)7-8-21(19(25)22(2)3)15-23(4)14-18(20)21/h5-6,18H,7-15H2,1-4H3/t18-,21+/m0/s1. The van der Waals surface area contributed by atoms with E-state index in [0.717, 1.165) is 26.1 Å². The van der Waals surface area contributed by atoms with E-state index in [4.69, 9.17) is 0 Å². The smallest absolute Gasteiger partial charge is 0.229 e. The van der Waals surface area contributed by atoms with Crippen LogP contribution in [0.4, 0.5) is 0 Å². The number of aryl methyl sites for hydroxylation is 1. The topological polar surface area (TPSA) is 26.8 Å². The van der Waals surface area contributed by atoms with Crippen LogP contribution in [-0.4, -0.2) is 67.9 Å². The monoisotopic (exact) mass is 375 g/mol. The molecule has 0 bridgehead atoms. The van der Waals surface area contributed by atoms with Crippen LogP contribution >= 0.6 is 11.3 Å². The van der Waals surface area contributed by atoms with Crippen molar-refractivity contribution >= 4 is 17.2 Å². The third-order valence-corrected chi connectivity index (χ3v) is 8.37. The van der Waals surface area contributed by atoms with Gasteiger partial charge in [-0.05, 0) is 76.2 Å². The Labute approximate surface area is 162 Å². The number of rotatable bonds is 3. The number of likely N-dealkylation sites (tertiary alicyclic amines) is 2. The van der Waals surface area contributed by atoms with Crippen LogP contribution in [-0.2, 0) is 11.3 Å². The predicted molar refractivity (Wildman–Crippen MR) is 107 cm³/mol. The molecule has 1 aromatic heterocycles. The number of thiophene rings is 1. The largest absolute Gasteiger partial charge is 0.348 e. The molecule has 4 rings (SSSR count). The quantitative estimate of drug-likeness (QED) is 0.812. The van der Waals surface area contributed by atoms with E-state index >= 15 is 0 Å². The highest BCUT2D eigenvalue weighted by Gasteiger charge is 2.63. The maximum atomic E-state index is 13.1. The van der Waals surface area contributed by atoms with E-state index in [0.29, 0.717) is 17.2 Å². The van der Waals surface area contributed by atoms with Crippen molar-refractivity contribution in [1.82, 2.24) is 14.7 Å². The Morgan fingerprint density at radius 2 is 1.96 bits per heavy atom. The fourth-order valence-electron chi connectivity index (χ4n) is 6.14. The van der Waals surface area contributed by atoms with Crippen LogP contribution in [0.5, 0.6) is 0 Å². The second kappa shape index (κ2) is 6.61. The van der Waals surface area contributed by atoms with Gasteiger partial charge in [0.2, 0.25) is 5.91 Å². The van der Waals surface area contributed by atoms with Crippen LogP contribution in [0.25, 0.3) is 0 Å². The van der Waals surface area contributed by atoms with Crippen LogP contribution in [0.1, 0.15) is 35.4 Å². The van der Waals surface area contributed by atoms with Gasteiger partial charge < -0.3 is 9.80 Å². The third kappa shape index (κ3) is 2.92. The number of carbonyl (C=O) groups excluding carboxylic acids is 1. The van der Waals surface area contributed by atoms with Gasteiger partial charge >= 0.3 is 0 Å². The number of piperidine rings is 1. The summed E-state index contributed by atoms with van der Waals surface area (Å²) in [7, 11) is 6.07. The van der Waals surface area contributed by atoms with Gasteiger partial charge in [0, 0.05) is 43.5 Å². The molecule has 144 valence electrons. The van der Waals surface area contributed by atoms with Gasteiger partial charge in [-0.2, -0.15) is 0 Å². The first-order valence-electron chi connectivity index (χ1n) is 10.0. The molecular formula is C21H33N3OS. The molecule has 1 saturated carbocycles. The molecule has 3 heterocycles. The zero-order chi connectivity index (χ0) is 18.5. The van der Waals surface area contributed by atoms with E-state index in [2.05, 4.69) is 35.9 Å². The first kappa shape index (κ1) is 18.5. The lowest BCUT2D eigenvalue weighted by atomic mass is 9.65. The first-order chi connectivity index (χ1) is 12.3. The molecule has 5 heteroatoms. The van der Waals surface area contributed by atoms with Gasteiger partial charge in [-0.15, -0.1) is 11.3 Å². The highest BCUT2D eigenvalue weighted by Crippen LogP contribution is 2.62. The zero-order valence-corrected chi connectivity index (χ0v) is 17.6. The number of hydrogen-bond donors (Lipinski definition) is 0. The Kier molecular flexibility index (Phi) is 4.69. The molecule has 0 N–H and O–H groups in total. The Morgan fingerprint density at radius 1 is 1.23 bits per heavy atom. The molecule has 4 nitrogen and oxygen atoms in total. The van der Waals surface area contributed by atoms with E-state index in [1.54, 1.807) is 0 Å².